The van der Waals surface area contributed by atoms with Gasteiger partial charge < -0.3 is 20.8 Å². The predicted molar refractivity (Wildman–Crippen MR) is 109 cm³/mol. The largest absolute Gasteiger partial charge is 0.508 e. The van der Waals surface area contributed by atoms with Crippen LogP contribution in [0.5, 0.6) is 11.5 Å². The van der Waals surface area contributed by atoms with E-state index in [0.29, 0.717) is 17.0 Å². The first kappa shape index (κ1) is 19.4. The number of carbonyl (C=O) groups excluding carboxylic acids is 2. The third-order valence-corrected chi connectivity index (χ3v) is 4.94. The third-order valence-electron chi connectivity index (χ3n) is 3.87. The van der Waals surface area contributed by atoms with Crippen molar-refractivity contribution in [1.82, 2.24) is 5.32 Å². The molecule has 0 aromatic heterocycles. The number of anilines is 1. The standard InChI is InChI=1S/C19H18N4O4S/c1-11(14-8-7-13(24)9-15(14)25)22-23-19-21-18(27)16(28-19)10-17(26)20-12-5-3-2-4-6-12/h2-9,16,24-25H,10H2,1H3,(H,20,26)(H,21,23,27)/b22-11-. The van der Waals surface area contributed by atoms with Gasteiger partial charge in [0.25, 0.3) is 0 Å². The minimum Gasteiger partial charge on any atom is -0.508 e. The lowest BCUT2D eigenvalue weighted by Gasteiger charge is -2.06. The quantitative estimate of drug-likeness (QED) is 0.455. The molecular weight excluding hydrogens is 380 g/mol. The number of hydrogen-bond donors (Lipinski definition) is 4. The van der Waals surface area contributed by atoms with Crippen LogP contribution in [0.1, 0.15) is 18.9 Å². The number of phenols is 2. The molecule has 2 aromatic carbocycles. The second-order valence-electron chi connectivity index (χ2n) is 6.01. The van der Waals surface area contributed by atoms with Crippen molar-refractivity contribution in [3.63, 3.8) is 0 Å². The van der Waals surface area contributed by atoms with E-state index in [4.69, 9.17) is 0 Å². The van der Waals surface area contributed by atoms with Crippen LogP contribution in [0.2, 0.25) is 0 Å². The van der Waals surface area contributed by atoms with Gasteiger partial charge in [-0.15, -0.1) is 5.10 Å². The van der Waals surface area contributed by atoms with Crippen LogP contribution in [0, 0.1) is 0 Å². The van der Waals surface area contributed by atoms with E-state index in [2.05, 4.69) is 20.8 Å². The Morgan fingerprint density at radius 2 is 1.96 bits per heavy atom. The molecule has 1 atom stereocenters. The van der Waals surface area contributed by atoms with Crippen molar-refractivity contribution in [2.24, 2.45) is 10.2 Å². The maximum Gasteiger partial charge on any atom is 0.240 e. The van der Waals surface area contributed by atoms with Gasteiger partial charge in [-0.1, -0.05) is 30.0 Å². The number of nitrogens with zero attached hydrogens (tertiary/aromatic N) is 2. The minimum absolute atomic E-state index is 0.00581. The summed E-state index contributed by atoms with van der Waals surface area (Å²) in [5.74, 6) is -0.767. The fourth-order valence-electron chi connectivity index (χ4n) is 2.49. The third kappa shape index (κ3) is 4.89. The molecule has 1 unspecified atom stereocenters. The van der Waals surface area contributed by atoms with Gasteiger partial charge >= 0.3 is 0 Å². The molecule has 0 radical (unpaired) electrons. The van der Waals surface area contributed by atoms with E-state index in [1.54, 1.807) is 19.1 Å². The zero-order valence-electron chi connectivity index (χ0n) is 14.9. The van der Waals surface area contributed by atoms with Crippen molar-refractivity contribution in [3.05, 3.63) is 54.1 Å². The average molecular weight is 398 g/mol. The van der Waals surface area contributed by atoms with Crippen LogP contribution in [0.15, 0.2) is 58.7 Å². The van der Waals surface area contributed by atoms with E-state index in [9.17, 15) is 19.8 Å². The van der Waals surface area contributed by atoms with E-state index in [1.807, 2.05) is 18.2 Å². The van der Waals surface area contributed by atoms with E-state index < -0.39 is 5.25 Å². The Hall–Kier alpha value is -3.33. The SMILES string of the molecule is C/C(=N/N=C1\NC(=O)C(CC(=O)Nc2ccccc2)S1)c1ccc(O)cc1O. The van der Waals surface area contributed by atoms with Crippen LogP contribution in [0.4, 0.5) is 5.69 Å². The van der Waals surface area contributed by atoms with Gasteiger partial charge in [0.1, 0.15) is 16.7 Å². The molecule has 1 saturated heterocycles. The van der Waals surface area contributed by atoms with Crippen molar-refractivity contribution in [3.8, 4) is 11.5 Å². The monoisotopic (exact) mass is 398 g/mol. The Morgan fingerprint density at radius 1 is 1.21 bits per heavy atom. The molecule has 9 heteroatoms. The van der Waals surface area contributed by atoms with Crippen LogP contribution in [-0.2, 0) is 9.59 Å². The van der Waals surface area contributed by atoms with Crippen molar-refractivity contribution in [2.45, 2.75) is 18.6 Å². The van der Waals surface area contributed by atoms with Crippen LogP contribution in [0.3, 0.4) is 0 Å². The summed E-state index contributed by atoms with van der Waals surface area (Å²) < 4.78 is 0. The fourth-order valence-corrected chi connectivity index (χ4v) is 3.41. The molecule has 28 heavy (non-hydrogen) atoms. The highest BCUT2D eigenvalue weighted by molar-refractivity contribution is 8.15. The Bertz CT molecular complexity index is 960. The number of benzene rings is 2. The second-order valence-corrected chi connectivity index (χ2v) is 7.20. The van der Waals surface area contributed by atoms with Crippen LogP contribution < -0.4 is 10.6 Å². The van der Waals surface area contributed by atoms with Crippen LogP contribution in [-0.4, -0.2) is 38.2 Å². The van der Waals surface area contributed by atoms with Gasteiger partial charge in [-0.3, -0.25) is 9.59 Å². The lowest BCUT2D eigenvalue weighted by Crippen LogP contribution is -2.28. The zero-order chi connectivity index (χ0) is 20.1. The molecule has 0 spiro atoms. The zero-order valence-corrected chi connectivity index (χ0v) is 15.7. The van der Waals surface area contributed by atoms with Gasteiger partial charge in [-0.05, 0) is 31.2 Å². The molecule has 3 rings (SSSR count). The van der Waals surface area contributed by atoms with Gasteiger partial charge in [-0.2, -0.15) is 5.10 Å². The van der Waals surface area contributed by atoms with Crippen molar-refractivity contribution >= 4 is 40.1 Å². The summed E-state index contributed by atoms with van der Waals surface area (Å²) in [6.45, 7) is 1.64. The van der Waals surface area contributed by atoms with E-state index >= 15 is 0 Å². The number of nitrogens with one attached hydrogen (secondary N) is 2. The molecule has 1 heterocycles. The Balaban J connectivity index is 1.62. The van der Waals surface area contributed by atoms with E-state index in [-0.39, 0.29) is 34.9 Å². The van der Waals surface area contributed by atoms with Crippen molar-refractivity contribution in [1.29, 1.82) is 0 Å². The van der Waals surface area contributed by atoms with Gasteiger partial charge in [0.15, 0.2) is 5.17 Å². The highest BCUT2D eigenvalue weighted by Gasteiger charge is 2.32. The smallest absolute Gasteiger partial charge is 0.240 e. The molecule has 1 aliphatic heterocycles. The average Bonchev–Trinajstić information content (AvgIpc) is 3.00. The maximum atomic E-state index is 12.1. The highest BCUT2D eigenvalue weighted by atomic mass is 32.2. The summed E-state index contributed by atoms with van der Waals surface area (Å²) in [6, 6.07) is 13.1. The molecule has 0 saturated carbocycles. The first-order valence-electron chi connectivity index (χ1n) is 8.39. The van der Waals surface area contributed by atoms with E-state index in [0.717, 1.165) is 11.8 Å². The lowest BCUT2D eigenvalue weighted by atomic mass is 10.1. The number of amides is 2. The van der Waals surface area contributed by atoms with Crippen molar-refractivity contribution in [2.75, 3.05) is 5.32 Å². The summed E-state index contributed by atoms with van der Waals surface area (Å²) in [5, 5.41) is 32.2. The molecular formula is C19H18N4O4S. The summed E-state index contributed by atoms with van der Waals surface area (Å²) in [7, 11) is 0. The molecule has 144 valence electrons. The van der Waals surface area contributed by atoms with Gasteiger partial charge in [0, 0.05) is 23.7 Å². The molecule has 0 bridgehead atoms. The second kappa shape index (κ2) is 8.57. The first-order chi connectivity index (χ1) is 13.4. The molecule has 1 fully saturated rings. The molecule has 8 nitrogen and oxygen atoms in total. The van der Waals surface area contributed by atoms with E-state index in [1.165, 1.54) is 18.2 Å². The summed E-state index contributed by atoms with van der Waals surface area (Å²) in [4.78, 5) is 24.2. The topological polar surface area (TPSA) is 123 Å². The number of aromatic hydroxyl groups is 2. The first-order valence-corrected chi connectivity index (χ1v) is 9.27. The summed E-state index contributed by atoms with van der Waals surface area (Å²) >= 11 is 1.12. The van der Waals surface area contributed by atoms with Gasteiger partial charge in [0.2, 0.25) is 11.8 Å². The highest BCUT2D eigenvalue weighted by Crippen LogP contribution is 2.25. The Kier molecular flexibility index (Phi) is 5.95. The summed E-state index contributed by atoms with van der Waals surface area (Å²) in [5.41, 5.74) is 1.49. The fraction of sp³-hybridized carbons (Fsp3) is 0.158. The number of carbonyl (C=O) groups is 2. The maximum absolute atomic E-state index is 12.1. The predicted octanol–water partition coefficient (Wildman–Crippen LogP) is 2.44. The van der Waals surface area contributed by atoms with Gasteiger partial charge in [-0.25, -0.2) is 0 Å². The molecule has 2 amide bonds. The normalized spacial score (nSPS) is 18.2. The Labute approximate surface area is 165 Å². The molecule has 0 aliphatic carbocycles. The number of rotatable bonds is 5. The number of amidine groups is 1. The number of thioether (sulfide) groups is 1. The number of hydrogen-bond acceptors (Lipinski definition) is 7. The molecule has 4 N–H and O–H groups in total. The van der Waals surface area contributed by atoms with Gasteiger partial charge in [0.05, 0.1) is 5.71 Å². The Morgan fingerprint density at radius 3 is 2.68 bits per heavy atom. The minimum atomic E-state index is -0.597. The molecule has 2 aromatic rings. The lowest BCUT2D eigenvalue weighted by molar-refractivity contribution is -0.122. The summed E-state index contributed by atoms with van der Waals surface area (Å²) in [6.07, 6.45) is 0.00581. The van der Waals surface area contributed by atoms with Crippen LogP contribution >= 0.6 is 11.8 Å². The number of para-hydroxylation sites is 1. The molecule has 1 aliphatic rings. The number of phenolic OH excluding ortho intramolecular Hbond substituents is 2. The van der Waals surface area contributed by atoms with Crippen LogP contribution in [0.25, 0.3) is 0 Å². The van der Waals surface area contributed by atoms with Crippen molar-refractivity contribution < 1.29 is 19.8 Å².